The second-order valence-corrected chi connectivity index (χ2v) is 15.0. The van der Waals surface area contributed by atoms with Crippen LogP contribution < -0.4 is 32.1 Å². The minimum Gasteiger partial charge on any atom is -0.481 e. The number of nitrogens with two attached hydrogens (primary N) is 2. The Kier molecular flexibility index (Phi) is 15.7. The van der Waals surface area contributed by atoms with E-state index in [-0.39, 0.29) is 50.4 Å². The van der Waals surface area contributed by atoms with Gasteiger partial charge in [-0.2, -0.15) is 0 Å². The van der Waals surface area contributed by atoms with Crippen LogP contribution in [0.25, 0.3) is 0 Å². The molecule has 9 N–H and O–H groups in total. The summed E-state index contributed by atoms with van der Waals surface area (Å²) in [6, 6.07) is 11.2. The summed E-state index contributed by atoms with van der Waals surface area (Å²) in [5.41, 5.74) is 12.1. The summed E-state index contributed by atoms with van der Waals surface area (Å²) in [6.07, 6.45) is 0.0728. The highest BCUT2D eigenvalue weighted by Gasteiger charge is 2.40. The first-order chi connectivity index (χ1) is 24.6. The Morgan fingerprint density at radius 1 is 0.827 bits per heavy atom. The van der Waals surface area contributed by atoms with Crippen LogP contribution in [0.15, 0.2) is 60.7 Å². The minimum absolute atomic E-state index is 0.00343. The van der Waals surface area contributed by atoms with Crippen molar-refractivity contribution >= 4 is 45.5 Å². The molecule has 1 fully saturated rings. The van der Waals surface area contributed by atoms with E-state index in [2.05, 4.69) is 20.7 Å². The van der Waals surface area contributed by atoms with Crippen LogP contribution >= 0.6 is 0 Å². The summed E-state index contributed by atoms with van der Waals surface area (Å²) in [5.74, 6) is -5.73. The van der Waals surface area contributed by atoms with Crippen molar-refractivity contribution in [2.75, 3.05) is 18.8 Å². The number of hydrogen-bond acceptors (Lipinski definition) is 9. The maximum Gasteiger partial charge on any atom is 0.305 e. The number of hydrogen-bond donors (Lipinski definition) is 7. The Hall–Kier alpha value is -4.87. The molecule has 1 aliphatic rings. The minimum atomic E-state index is -3.88. The summed E-state index contributed by atoms with van der Waals surface area (Å²) < 4.78 is 27.6. The SMILES string of the molecule is CC(C)C[C@H](NS(=O)(=O)CCN)C(=O)N1CCC[C@@H]1C(=O)N[C@@H](Cc1ccccc1)C(=O)N[C@@H](Cc1ccccc1)C(=O)N[C@@H](CC(=O)O)C(N)=O. The first-order valence-corrected chi connectivity index (χ1v) is 18.8. The number of carbonyl (C=O) groups is 6. The molecule has 52 heavy (non-hydrogen) atoms. The average molecular weight is 744 g/mol. The van der Waals surface area contributed by atoms with Crippen LogP contribution in [0.3, 0.4) is 0 Å². The van der Waals surface area contributed by atoms with E-state index in [1.807, 2.05) is 13.8 Å². The lowest BCUT2D eigenvalue weighted by Crippen LogP contribution is -2.59. The van der Waals surface area contributed by atoms with Crippen LogP contribution in [-0.4, -0.2) is 103 Å². The normalized spacial score (nSPS) is 16.7. The van der Waals surface area contributed by atoms with Gasteiger partial charge in [0.1, 0.15) is 30.2 Å². The molecule has 5 atom stereocenters. The molecule has 1 aliphatic heterocycles. The Morgan fingerprint density at radius 3 is 1.83 bits per heavy atom. The van der Waals surface area contributed by atoms with E-state index in [0.29, 0.717) is 17.5 Å². The molecule has 16 nitrogen and oxygen atoms in total. The van der Waals surface area contributed by atoms with Gasteiger partial charge in [0.05, 0.1) is 12.2 Å². The fourth-order valence-corrected chi connectivity index (χ4v) is 6.99. The third-order valence-electron chi connectivity index (χ3n) is 8.42. The van der Waals surface area contributed by atoms with Crippen LogP contribution in [0, 0.1) is 5.92 Å². The zero-order valence-electron chi connectivity index (χ0n) is 29.3. The van der Waals surface area contributed by atoms with E-state index in [1.54, 1.807) is 60.7 Å². The van der Waals surface area contributed by atoms with Crippen LogP contribution in [0.2, 0.25) is 0 Å². The molecule has 2 aromatic carbocycles. The van der Waals surface area contributed by atoms with Crippen molar-refractivity contribution in [1.82, 2.24) is 25.6 Å². The van der Waals surface area contributed by atoms with Gasteiger partial charge in [0.2, 0.25) is 39.6 Å². The van der Waals surface area contributed by atoms with E-state index in [1.165, 1.54) is 4.90 Å². The molecule has 284 valence electrons. The van der Waals surface area contributed by atoms with Crippen LogP contribution in [0.5, 0.6) is 0 Å². The van der Waals surface area contributed by atoms with Gasteiger partial charge in [0.25, 0.3) is 0 Å². The molecule has 2 aromatic rings. The van der Waals surface area contributed by atoms with Gasteiger partial charge in [-0.25, -0.2) is 13.1 Å². The number of carbonyl (C=O) groups excluding carboxylic acids is 5. The third kappa shape index (κ3) is 13.0. The summed E-state index contributed by atoms with van der Waals surface area (Å²) in [6.45, 7) is 3.73. The molecule has 0 unspecified atom stereocenters. The molecule has 0 aliphatic carbocycles. The molecule has 1 saturated heterocycles. The quantitative estimate of drug-likeness (QED) is 0.0886. The van der Waals surface area contributed by atoms with Crippen LogP contribution in [0.4, 0.5) is 0 Å². The molecule has 1 heterocycles. The number of nitrogens with one attached hydrogen (secondary N) is 4. The maximum absolute atomic E-state index is 14.0. The van der Waals surface area contributed by atoms with Crippen molar-refractivity contribution in [3.63, 3.8) is 0 Å². The van der Waals surface area contributed by atoms with Gasteiger partial charge in [-0.15, -0.1) is 0 Å². The molecular weight excluding hydrogens is 694 g/mol. The Balaban J connectivity index is 1.89. The van der Waals surface area contributed by atoms with E-state index in [4.69, 9.17) is 11.5 Å². The predicted octanol–water partition coefficient (Wildman–Crippen LogP) is -0.830. The Morgan fingerprint density at radius 2 is 1.35 bits per heavy atom. The maximum atomic E-state index is 14.0. The molecular formula is C35H49N7O9S. The predicted molar refractivity (Wildman–Crippen MR) is 191 cm³/mol. The zero-order valence-corrected chi connectivity index (χ0v) is 30.1. The first kappa shape index (κ1) is 41.5. The van der Waals surface area contributed by atoms with Gasteiger partial charge < -0.3 is 37.4 Å². The lowest BCUT2D eigenvalue weighted by atomic mass is 10.0. The highest BCUT2D eigenvalue weighted by molar-refractivity contribution is 7.89. The third-order valence-corrected chi connectivity index (χ3v) is 9.84. The fourth-order valence-electron chi connectivity index (χ4n) is 5.93. The van der Waals surface area contributed by atoms with E-state index >= 15 is 0 Å². The number of nitrogens with zero attached hydrogens (tertiary/aromatic N) is 1. The standard InChI is InChI=1S/C35H49N7O9S/c1-22(2)18-28(41-52(50,51)17-15-36)35(49)42-16-9-14-29(42)34(48)40-27(20-24-12-7-4-8-13-24)33(47)39-26(19-23-10-5-3-6-11-23)32(46)38-25(31(37)45)21-30(43)44/h3-8,10-13,22,25-29,41H,9,14-21,36H2,1-2H3,(H2,37,45)(H,38,46)(H,39,47)(H,40,48)(H,43,44)/t25-,26-,27-,28-,29+/m0/s1. The molecule has 0 aromatic heterocycles. The van der Waals surface area contributed by atoms with Crippen LogP contribution in [0.1, 0.15) is 50.7 Å². The lowest BCUT2D eigenvalue weighted by Gasteiger charge is -2.30. The van der Waals surface area contributed by atoms with Crippen molar-refractivity contribution in [3.8, 4) is 0 Å². The molecule has 3 rings (SSSR count). The smallest absolute Gasteiger partial charge is 0.305 e. The number of rotatable bonds is 20. The van der Waals surface area contributed by atoms with Crippen molar-refractivity contribution in [3.05, 3.63) is 71.8 Å². The number of aliphatic carboxylic acids is 1. The molecule has 0 bridgehead atoms. The second-order valence-electron chi connectivity index (χ2n) is 13.2. The Bertz CT molecular complexity index is 1660. The molecule has 0 spiro atoms. The van der Waals surface area contributed by atoms with E-state index < -0.39 is 82.2 Å². The van der Waals surface area contributed by atoms with Crippen LogP contribution in [-0.2, 0) is 51.6 Å². The molecule has 17 heteroatoms. The number of likely N-dealkylation sites (tertiary alicyclic amines) is 1. The van der Waals surface area contributed by atoms with Crippen molar-refractivity contribution in [1.29, 1.82) is 0 Å². The molecule has 0 saturated carbocycles. The highest BCUT2D eigenvalue weighted by Crippen LogP contribution is 2.21. The highest BCUT2D eigenvalue weighted by atomic mass is 32.2. The van der Waals surface area contributed by atoms with Gasteiger partial charge in [0, 0.05) is 25.9 Å². The number of benzene rings is 2. The van der Waals surface area contributed by atoms with Gasteiger partial charge in [-0.3, -0.25) is 28.8 Å². The topological polar surface area (TPSA) is 260 Å². The summed E-state index contributed by atoms with van der Waals surface area (Å²) in [5, 5.41) is 16.9. The fraction of sp³-hybridized carbons (Fsp3) is 0.486. The lowest BCUT2D eigenvalue weighted by molar-refractivity contribution is -0.141. The van der Waals surface area contributed by atoms with Gasteiger partial charge in [-0.05, 0) is 36.3 Å². The largest absolute Gasteiger partial charge is 0.481 e. The zero-order chi connectivity index (χ0) is 38.4. The van der Waals surface area contributed by atoms with Crippen molar-refractivity contribution in [2.45, 2.75) is 82.6 Å². The number of amides is 5. The van der Waals surface area contributed by atoms with Gasteiger partial charge in [-0.1, -0.05) is 74.5 Å². The number of carboxylic acid groups (broad SMARTS) is 1. The number of sulfonamides is 1. The van der Waals surface area contributed by atoms with Gasteiger partial charge >= 0.3 is 5.97 Å². The van der Waals surface area contributed by atoms with Gasteiger partial charge in [0.15, 0.2) is 0 Å². The monoisotopic (exact) mass is 743 g/mol. The van der Waals surface area contributed by atoms with E-state index in [9.17, 15) is 42.3 Å². The average Bonchev–Trinajstić information content (AvgIpc) is 3.57. The van der Waals surface area contributed by atoms with E-state index in [0.717, 1.165) is 0 Å². The van der Waals surface area contributed by atoms with Crippen molar-refractivity contribution in [2.24, 2.45) is 17.4 Å². The second kappa shape index (κ2) is 19.7. The number of primary amides is 1. The first-order valence-electron chi connectivity index (χ1n) is 17.1. The van der Waals surface area contributed by atoms with Crippen molar-refractivity contribution < 1.29 is 42.3 Å². The Labute approximate surface area is 303 Å². The number of carboxylic acids is 1. The summed E-state index contributed by atoms with van der Waals surface area (Å²) in [4.78, 5) is 79.7. The summed E-state index contributed by atoms with van der Waals surface area (Å²) >= 11 is 0. The summed E-state index contributed by atoms with van der Waals surface area (Å²) in [7, 11) is -3.88. The molecule has 5 amide bonds. The molecule has 0 radical (unpaired) electrons.